The monoisotopic (exact) mass is 246 g/mol. The second-order valence-corrected chi connectivity index (χ2v) is 4.80. The van der Waals surface area contributed by atoms with Crippen molar-refractivity contribution >= 4 is 32.7 Å². The Morgan fingerprint density at radius 2 is 1.68 bits per heavy atom. The van der Waals surface area contributed by atoms with Crippen molar-refractivity contribution in [2.75, 3.05) is 0 Å². The van der Waals surface area contributed by atoms with Crippen LogP contribution in [0, 0.1) is 0 Å². The van der Waals surface area contributed by atoms with E-state index in [9.17, 15) is 0 Å². The molecule has 0 N–H and O–H groups in total. The molecule has 0 saturated heterocycles. The van der Waals surface area contributed by atoms with Crippen molar-refractivity contribution in [1.29, 1.82) is 0 Å². The molecule has 0 unspecified atom stereocenters. The third kappa shape index (κ3) is 1.34. The van der Waals surface area contributed by atoms with Crippen molar-refractivity contribution in [1.82, 2.24) is 9.55 Å². The summed E-state index contributed by atoms with van der Waals surface area (Å²) in [5.74, 6) is 0. The maximum atomic E-state index is 4.69. The summed E-state index contributed by atoms with van der Waals surface area (Å²) in [4.78, 5) is 4.69. The van der Waals surface area contributed by atoms with Crippen LogP contribution in [0.5, 0.6) is 0 Å². The van der Waals surface area contributed by atoms with Gasteiger partial charge in [0.05, 0.1) is 16.6 Å². The molecule has 2 heteroatoms. The summed E-state index contributed by atoms with van der Waals surface area (Å²) in [7, 11) is 0. The Bertz CT molecular complexity index is 903. The molecule has 0 amide bonds. The van der Waals surface area contributed by atoms with Crippen LogP contribution >= 0.6 is 0 Å². The number of pyridine rings is 1. The third-order valence-electron chi connectivity index (χ3n) is 3.81. The van der Waals surface area contributed by atoms with E-state index in [1.54, 1.807) is 0 Å². The van der Waals surface area contributed by atoms with Crippen molar-refractivity contribution in [3.05, 3.63) is 54.7 Å². The normalized spacial score (nSPS) is 11.6. The molecular weight excluding hydrogens is 232 g/mol. The molecule has 0 aliphatic heterocycles. The molecule has 0 bridgehead atoms. The first-order valence-electron chi connectivity index (χ1n) is 6.65. The largest absolute Gasteiger partial charge is 0.339 e. The minimum Gasteiger partial charge on any atom is -0.339 e. The number of nitrogens with zero attached hydrogens (tertiary/aromatic N) is 2. The van der Waals surface area contributed by atoms with Crippen LogP contribution < -0.4 is 0 Å². The molecule has 4 aromatic rings. The number of rotatable bonds is 1. The van der Waals surface area contributed by atoms with Crippen LogP contribution in [0.4, 0.5) is 0 Å². The summed E-state index contributed by atoms with van der Waals surface area (Å²) in [6.07, 6.45) is 1.98. The fourth-order valence-corrected chi connectivity index (χ4v) is 2.98. The lowest BCUT2D eigenvalue weighted by atomic mass is 10.1. The summed E-state index contributed by atoms with van der Waals surface area (Å²) in [6, 6.07) is 17.0. The minimum atomic E-state index is 0.958. The zero-order valence-corrected chi connectivity index (χ0v) is 10.8. The first-order chi connectivity index (χ1) is 9.40. The number of benzene rings is 2. The van der Waals surface area contributed by atoms with Crippen LogP contribution in [-0.2, 0) is 6.54 Å². The van der Waals surface area contributed by atoms with Gasteiger partial charge in [-0.25, -0.2) is 0 Å². The molecule has 4 rings (SSSR count). The Hall–Kier alpha value is -2.35. The van der Waals surface area contributed by atoms with E-state index in [1.807, 2.05) is 6.20 Å². The fraction of sp³-hybridized carbons (Fsp3) is 0.118. The molecule has 0 aliphatic carbocycles. The lowest BCUT2D eigenvalue weighted by Crippen LogP contribution is -1.94. The van der Waals surface area contributed by atoms with Crippen molar-refractivity contribution in [2.45, 2.75) is 13.5 Å². The van der Waals surface area contributed by atoms with E-state index < -0.39 is 0 Å². The lowest BCUT2D eigenvalue weighted by Gasteiger charge is -2.05. The van der Waals surface area contributed by atoms with Gasteiger partial charge in [0.15, 0.2) is 0 Å². The quantitative estimate of drug-likeness (QED) is 0.488. The van der Waals surface area contributed by atoms with E-state index in [1.165, 1.54) is 27.2 Å². The van der Waals surface area contributed by atoms with Crippen LogP contribution in [0.1, 0.15) is 6.92 Å². The van der Waals surface area contributed by atoms with Crippen molar-refractivity contribution in [3.8, 4) is 0 Å². The van der Waals surface area contributed by atoms with E-state index in [2.05, 4.69) is 65.0 Å². The van der Waals surface area contributed by atoms with Gasteiger partial charge in [0.1, 0.15) is 0 Å². The second-order valence-electron chi connectivity index (χ2n) is 4.80. The fourth-order valence-electron chi connectivity index (χ4n) is 2.98. The number of fused-ring (bicyclic) bond motifs is 5. The number of aromatic nitrogens is 2. The maximum absolute atomic E-state index is 4.69. The van der Waals surface area contributed by atoms with Gasteiger partial charge >= 0.3 is 0 Å². The molecule has 2 nitrogen and oxygen atoms in total. The molecule has 2 aromatic heterocycles. The van der Waals surface area contributed by atoms with Gasteiger partial charge in [0.2, 0.25) is 0 Å². The minimum absolute atomic E-state index is 0.958. The standard InChI is InChI=1S/C17H14N2/c1-2-19-15-10-6-5-9-14(15)16-17(19)13-8-4-3-7-12(13)11-18-16/h3-11H,2H2,1H3. The Morgan fingerprint density at radius 3 is 2.53 bits per heavy atom. The lowest BCUT2D eigenvalue weighted by molar-refractivity contribution is 0.829. The summed E-state index contributed by atoms with van der Waals surface area (Å²) < 4.78 is 2.36. The first kappa shape index (κ1) is 10.6. The summed E-state index contributed by atoms with van der Waals surface area (Å²) in [5, 5.41) is 3.73. The van der Waals surface area contributed by atoms with Gasteiger partial charge in [-0.15, -0.1) is 0 Å². The average Bonchev–Trinajstić information content (AvgIpc) is 2.81. The average molecular weight is 246 g/mol. The van der Waals surface area contributed by atoms with Gasteiger partial charge in [-0.1, -0.05) is 42.5 Å². The predicted octanol–water partition coefficient (Wildman–Crippen LogP) is 4.36. The van der Waals surface area contributed by atoms with Gasteiger partial charge < -0.3 is 4.57 Å². The van der Waals surface area contributed by atoms with E-state index in [-0.39, 0.29) is 0 Å². The molecule has 0 radical (unpaired) electrons. The first-order valence-corrected chi connectivity index (χ1v) is 6.65. The molecule has 0 fully saturated rings. The summed E-state index contributed by atoms with van der Waals surface area (Å²) in [5.41, 5.74) is 3.63. The number of hydrogen-bond acceptors (Lipinski definition) is 1. The van der Waals surface area contributed by atoms with Crippen LogP contribution in [0.15, 0.2) is 54.7 Å². The zero-order chi connectivity index (χ0) is 12.8. The van der Waals surface area contributed by atoms with Gasteiger partial charge in [-0.3, -0.25) is 4.98 Å². The highest BCUT2D eigenvalue weighted by atomic mass is 15.0. The van der Waals surface area contributed by atoms with Crippen LogP contribution in [0.3, 0.4) is 0 Å². The molecule has 92 valence electrons. The number of aryl methyl sites for hydroxylation is 1. The van der Waals surface area contributed by atoms with Crippen molar-refractivity contribution in [2.24, 2.45) is 0 Å². The summed E-state index contributed by atoms with van der Waals surface area (Å²) in [6.45, 7) is 3.15. The molecule has 0 saturated carbocycles. The number of hydrogen-bond donors (Lipinski definition) is 0. The Balaban J connectivity index is 2.37. The highest BCUT2D eigenvalue weighted by Gasteiger charge is 2.12. The van der Waals surface area contributed by atoms with Gasteiger partial charge in [0, 0.05) is 28.9 Å². The van der Waals surface area contributed by atoms with Crippen molar-refractivity contribution in [3.63, 3.8) is 0 Å². The maximum Gasteiger partial charge on any atom is 0.0966 e. The summed E-state index contributed by atoms with van der Waals surface area (Å²) >= 11 is 0. The molecule has 0 aliphatic rings. The van der Waals surface area contributed by atoms with E-state index in [4.69, 9.17) is 0 Å². The SMILES string of the molecule is CCn1c2ccccc2c2ncc3ccccc3c21. The predicted molar refractivity (Wildman–Crippen MR) is 80.4 cm³/mol. The van der Waals surface area contributed by atoms with Crippen molar-refractivity contribution < 1.29 is 0 Å². The Morgan fingerprint density at radius 1 is 0.947 bits per heavy atom. The highest BCUT2D eigenvalue weighted by molar-refractivity contribution is 6.15. The van der Waals surface area contributed by atoms with Gasteiger partial charge in [-0.05, 0) is 13.0 Å². The number of para-hydroxylation sites is 1. The highest BCUT2D eigenvalue weighted by Crippen LogP contribution is 2.32. The van der Waals surface area contributed by atoms with Gasteiger partial charge in [-0.2, -0.15) is 0 Å². The molecule has 2 heterocycles. The van der Waals surface area contributed by atoms with E-state index >= 15 is 0 Å². The zero-order valence-electron chi connectivity index (χ0n) is 10.8. The van der Waals surface area contributed by atoms with E-state index in [0.717, 1.165) is 12.1 Å². The van der Waals surface area contributed by atoms with Crippen LogP contribution in [0.25, 0.3) is 32.7 Å². The second kappa shape index (κ2) is 3.82. The molecular formula is C17H14N2. The Labute approximate surface area is 111 Å². The smallest absolute Gasteiger partial charge is 0.0966 e. The van der Waals surface area contributed by atoms with Crippen LogP contribution in [0.2, 0.25) is 0 Å². The molecule has 0 atom stereocenters. The van der Waals surface area contributed by atoms with E-state index in [0.29, 0.717) is 0 Å². The van der Waals surface area contributed by atoms with Gasteiger partial charge in [0.25, 0.3) is 0 Å². The van der Waals surface area contributed by atoms with Crippen LogP contribution in [-0.4, -0.2) is 9.55 Å². The third-order valence-corrected chi connectivity index (χ3v) is 3.81. The topological polar surface area (TPSA) is 17.8 Å². The molecule has 2 aromatic carbocycles. The Kier molecular flexibility index (Phi) is 2.12. The molecule has 19 heavy (non-hydrogen) atoms. The molecule has 0 spiro atoms.